The number of hydrogen-bond donors (Lipinski definition) is 1. The van der Waals surface area contributed by atoms with E-state index in [0.29, 0.717) is 0 Å². The average Bonchev–Trinajstić information content (AvgIpc) is 2.98. The Morgan fingerprint density at radius 3 is 1.93 bits per heavy atom. The van der Waals surface area contributed by atoms with Gasteiger partial charge in [-0.2, -0.15) is 0 Å². The van der Waals surface area contributed by atoms with Gasteiger partial charge in [-0.3, -0.25) is 0 Å². The number of fused-ring (bicyclic) bond motifs is 1. The van der Waals surface area contributed by atoms with Gasteiger partial charge < -0.3 is 0 Å². The van der Waals surface area contributed by atoms with Crippen LogP contribution in [0.4, 0.5) is 0 Å². The van der Waals surface area contributed by atoms with Crippen molar-refractivity contribution in [2.24, 2.45) is 5.41 Å². The molecule has 2 rings (SSSR count). The first-order valence-corrected chi connectivity index (χ1v) is 20.2. The number of rotatable bonds is 11. The normalized spacial score (nSPS) is 28.1. The third kappa shape index (κ3) is 5.67. The molecular weight excluding hydrogens is 479 g/mol. The fraction of sp³-hybridized carbons (Fsp3) is 0.846. The molecule has 0 aromatic heterocycles. The molecule has 1 heterocycles. The zero-order valence-electron chi connectivity index (χ0n) is 21.1. The first-order chi connectivity index (χ1) is 14.0. The van der Waals surface area contributed by atoms with Gasteiger partial charge in [-0.1, -0.05) is 0 Å². The van der Waals surface area contributed by atoms with Gasteiger partial charge in [0, 0.05) is 0 Å². The molecule has 0 spiro atoms. The zero-order valence-corrected chi connectivity index (χ0v) is 23.9. The average molecular weight is 527 g/mol. The van der Waals surface area contributed by atoms with Gasteiger partial charge in [-0.15, -0.1) is 0 Å². The van der Waals surface area contributed by atoms with Crippen molar-refractivity contribution in [3.05, 3.63) is 21.5 Å². The summed E-state index contributed by atoms with van der Waals surface area (Å²) in [7, 11) is 0. The summed E-state index contributed by atoms with van der Waals surface area (Å²) < 4.78 is 19.2. The molecule has 3 nitrogen and oxygen atoms in total. The van der Waals surface area contributed by atoms with Crippen LogP contribution in [0.1, 0.15) is 100 Å². The molecule has 0 aromatic carbocycles. The molecule has 1 fully saturated rings. The number of aliphatic hydroxyl groups is 1. The molecule has 1 N–H and O–H groups in total. The molecule has 0 saturated carbocycles. The molecule has 2 aliphatic rings. The number of ether oxygens (including phenoxy) is 2. The van der Waals surface area contributed by atoms with Gasteiger partial charge in [0.2, 0.25) is 0 Å². The van der Waals surface area contributed by atoms with E-state index in [1.807, 2.05) is 13.8 Å². The zero-order chi connectivity index (χ0) is 22.6. The van der Waals surface area contributed by atoms with Gasteiger partial charge in [0.15, 0.2) is 0 Å². The van der Waals surface area contributed by atoms with Crippen LogP contribution in [-0.4, -0.2) is 41.0 Å². The molecule has 1 saturated heterocycles. The van der Waals surface area contributed by atoms with E-state index in [0.717, 1.165) is 17.8 Å². The van der Waals surface area contributed by atoms with Gasteiger partial charge in [0.1, 0.15) is 0 Å². The Labute approximate surface area is 190 Å². The summed E-state index contributed by atoms with van der Waals surface area (Å²) in [5.74, 6) is 0.251. The molecule has 1 aliphatic carbocycles. The number of unbranched alkanes of at least 4 members (excludes halogenated alkanes) is 3. The second kappa shape index (κ2) is 10.3. The molecule has 1 aliphatic heterocycles. The Morgan fingerprint density at radius 2 is 1.47 bits per heavy atom. The van der Waals surface area contributed by atoms with Crippen LogP contribution in [0.25, 0.3) is 0 Å². The Kier molecular flexibility index (Phi) is 9.01. The van der Waals surface area contributed by atoms with Crippen molar-refractivity contribution >= 4 is 18.4 Å². The van der Waals surface area contributed by atoms with Crippen molar-refractivity contribution < 1.29 is 14.6 Å². The summed E-state index contributed by atoms with van der Waals surface area (Å²) in [5.41, 5.74) is -0.300. The van der Waals surface area contributed by atoms with Gasteiger partial charge in [-0.25, -0.2) is 0 Å². The molecule has 0 bridgehead atoms. The molecule has 0 amide bonds. The van der Waals surface area contributed by atoms with Crippen LogP contribution in [0, 0.1) is 5.41 Å². The SMILES string of the molecule is CCC[CH2][Sn](/[CH]=C/C1(O)C(C)=C2OC(C)(C)O[C@H]2CC1(C)C)([CH2]CCC)[CH2]CCC. The van der Waals surface area contributed by atoms with Crippen LogP contribution in [0.2, 0.25) is 13.3 Å². The predicted molar refractivity (Wildman–Crippen MR) is 130 cm³/mol. The van der Waals surface area contributed by atoms with Crippen LogP contribution in [-0.2, 0) is 9.47 Å². The molecular formula is C26H48O3Sn. The standard InChI is InChI=1S/C14H21O3.3C4H9.Sn/c1-7-14(15)9(2)11-10(8-12(14,3)4)16-13(5,6)17-11;3*1-3-4-2;/h1,7,10,15H,8H2,2-6H3;3*1,3-4H2,2H3;/t10-,14?;;;;/m0..../s1. The molecule has 174 valence electrons. The topological polar surface area (TPSA) is 38.7 Å². The van der Waals surface area contributed by atoms with Gasteiger partial charge in [0.25, 0.3) is 0 Å². The molecule has 0 aromatic rings. The molecule has 1 unspecified atom stereocenters. The van der Waals surface area contributed by atoms with Crippen LogP contribution < -0.4 is 0 Å². The van der Waals surface area contributed by atoms with Gasteiger partial charge in [0.05, 0.1) is 0 Å². The van der Waals surface area contributed by atoms with E-state index in [2.05, 4.69) is 51.7 Å². The molecule has 30 heavy (non-hydrogen) atoms. The predicted octanol–water partition coefficient (Wildman–Crippen LogP) is 7.52. The first kappa shape index (κ1) is 26.3. The minimum atomic E-state index is -2.48. The molecule has 4 heteroatoms. The van der Waals surface area contributed by atoms with Gasteiger partial charge in [-0.05, 0) is 0 Å². The van der Waals surface area contributed by atoms with Crippen LogP contribution in [0.15, 0.2) is 21.5 Å². The molecule has 2 atom stereocenters. The van der Waals surface area contributed by atoms with E-state index < -0.39 is 29.8 Å². The van der Waals surface area contributed by atoms with E-state index in [9.17, 15) is 5.11 Å². The van der Waals surface area contributed by atoms with Crippen LogP contribution >= 0.6 is 0 Å². The second-order valence-corrected chi connectivity index (χ2v) is 24.0. The Balaban J connectivity index is 2.45. The maximum absolute atomic E-state index is 12.1. The number of hydrogen-bond acceptors (Lipinski definition) is 3. The van der Waals surface area contributed by atoms with Crippen molar-refractivity contribution in [1.82, 2.24) is 0 Å². The van der Waals surface area contributed by atoms with E-state index in [-0.39, 0.29) is 11.5 Å². The van der Waals surface area contributed by atoms with Crippen molar-refractivity contribution in [1.29, 1.82) is 0 Å². The first-order valence-electron chi connectivity index (χ1n) is 12.5. The van der Waals surface area contributed by atoms with E-state index in [1.54, 1.807) is 0 Å². The van der Waals surface area contributed by atoms with Crippen molar-refractivity contribution in [2.45, 2.75) is 131 Å². The van der Waals surface area contributed by atoms with Crippen molar-refractivity contribution in [3.8, 4) is 0 Å². The molecule has 0 radical (unpaired) electrons. The van der Waals surface area contributed by atoms with Crippen LogP contribution in [0.3, 0.4) is 0 Å². The Bertz CT molecular complexity index is 612. The quantitative estimate of drug-likeness (QED) is 0.283. The summed E-state index contributed by atoms with van der Waals surface area (Å²) in [6.45, 7) is 17.3. The van der Waals surface area contributed by atoms with Crippen molar-refractivity contribution in [2.75, 3.05) is 0 Å². The summed E-state index contributed by atoms with van der Waals surface area (Å²) in [4.78, 5) is 0. The fourth-order valence-electron chi connectivity index (χ4n) is 5.38. The van der Waals surface area contributed by atoms with E-state index in [1.165, 1.54) is 51.8 Å². The van der Waals surface area contributed by atoms with E-state index >= 15 is 0 Å². The summed E-state index contributed by atoms with van der Waals surface area (Å²) in [6.07, 6.45) is 10.8. The summed E-state index contributed by atoms with van der Waals surface area (Å²) >= 11 is -2.48. The third-order valence-corrected chi connectivity index (χ3v) is 21.6. The monoisotopic (exact) mass is 528 g/mol. The fourth-order valence-corrected chi connectivity index (χ4v) is 19.7. The van der Waals surface area contributed by atoms with Gasteiger partial charge >= 0.3 is 191 Å². The maximum atomic E-state index is 12.1. The van der Waals surface area contributed by atoms with E-state index in [4.69, 9.17) is 9.47 Å². The summed E-state index contributed by atoms with van der Waals surface area (Å²) in [6, 6.07) is 0. The summed E-state index contributed by atoms with van der Waals surface area (Å²) in [5, 5.41) is 12.1. The minimum absolute atomic E-state index is 0.0442. The third-order valence-electron chi connectivity index (χ3n) is 7.51. The Hall–Kier alpha value is -0.00130. The second-order valence-electron chi connectivity index (χ2n) is 11.0. The Morgan fingerprint density at radius 1 is 0.967 bits per heavy atom. The van der Waals surface area contributed by atoms with Crippen LogP contribution in [0.5, 0.6) is 0 Å². The van der Waals surface area contributed by atoms with Crippen molar-refractivity contribution in [3.63, 3.8) is 0 Å².